The molecule has 3 rings (SSSR count). The number of rotatable bonds is 3. The van der Waals surface area contributed by atoms with Crippen LogP contribution < -0.4 is 4.72 Å². The molecule has 3 aromatic rings. The summed E-state index contributed by atoms with van der Waals surface area (Å²) in [5.74, 6) is 0.198. The van der Waals surface area contributed by atoms with Crippen molar-refractivity contribution in [3.05, 3.63) is 52.5 Å². The summed E-state index contributed by atoms with van der Waals surface area (Å²) in [6, 6.07) is 12.4. The van der Waals surface area contributed by atoms with E-state index >= 15 is 0 Å². The molecule has 0 bridgehead atoms. The number of fused-ring (bicyclic) bond motifs is 1. The molecule has 7 heteroatoms. The number of hydrogen-bond donors (Lipinski definition) is 2. The molecule has 0 spiro atoms. The van der Waals surface area contributed by atoms with Crippen LogP contribution in [0.15, 0.2) is 51.8 Å². The Balaban J connectivity index is 1.99. The van der Waals surface area contributed by atoms with Crippen LogP contribution in [0.2, 0.25) is 0 Å². The Hall–Kier alpha value is -1.86. The Morgan fingerprint density at radius 1 is 1.19 bits per heavy atom. The standard InChI is InChI=1S/C14H12BrN3O2S/c1-9-6-7-13(10(15)8-9)21(19,20)18-14-16-11-4-2-3-5-12(11)17-14/h2-8H,1H3,(H2,16,17,18). The van der Waals surface area contributed by atoms with Crippen molar-refractivity contribution in [3.8, 4) is 0 Å². The maximum absolute atomic E-state index is 12.4. The molecule has 0 amide bonds. The monoisotopic (exact) mass is 365 g/mol. The van der Waals surface area contributed by atoms with Crippen molar-refractivity contribution in [2.24, 2.45) is 0 Å². The predicted octanol–water partition coefficient (Wildman–Crippen LogP) is 3.43. The molecule has 0 fully saturated rings. The van der Waals surface area contributed by atoms with Gasteiger partial charge in [0.2, 0.25) is 5.95 Å². The highest BCUT2D eigenvalue weighted by atomic mass is 79.9. The third-order valence-electron chi connectivity index (χ3n) is 3.00. The third-order valence-corrected chi connectivity index (χ3v) is 5.31. The summed E-state index contributed by atoms with van der Waals surface area (Å²) in [6.07, 6.45) is 0. The van der Waals surface area contributed by atoms with E-state index in [-0.39, 0.29) is 10.8 Å². The SMILES string of the molecule is Cc1ccc(S(=O)(=O)Nc2nc3ccccc3[nH]2)c(Br)c1. The smallest absolute Gasteiger partial charge is 0.265 e. The minimum atomic E-state index is -3.70. The van der Waals surface area contributed by atoms with Gasteiger partial charge in [0.15, 0.2) is 0 Å². The lowest BCUT2D eigenvalue weighted by Crippen LogP contribution is -2.14. The second kappa shape index (κ2) is 5.16. The van der Waals surface area contributed by atoms with Gasteiger partial charge in [-0.2, -0.15) is 0 Å². The zero-order chi connectivity index (χ0) is 15.0. The maximum Gasteiger partial charge on any atom is 0.265 e. The van der Waals surface area contributed by atoms with Crippen LogP contribution in [-0.2, 0) is 10.0 Å². The number of nitrogens with one attached hydrogen (secondary N) is 2. The first kappa shape index (κ1) is 14.1. The summed E-state index contributed by atoms with van der Waals surface area (Å²) in [7, 11) is -3.70. The van der Waals surface area contributed by atoms with E-state index in [1.807, 2.05) is 31.2 Å². The topological polar surface area (TPSA) is 74.8 Å². The number of aryl methyl sites for hydroxylation is 1. The van der Waals surface area contributed by atoms with Gasteiger partial charge in [-0.05, 0) is 52.7 Å². The number of hydrogen-bond acceptors (Lipinski definition) is 3. The first-order valence-electron chi connectivity index (χ1n) is 6.19. The van der Waals surface area contributed by atoms with Crippen molar-refractivity contribution in [1.29, 1.82) is 0 Å². The van der Waals surface area contributed by atoms with Crippen LogP contribution in [0.3, 0.4) is 0 Å². The predicted molar refractivity (Wildman–Crippen MR) is 85.8 cm³/mol. The number of halogens is 1. The summed E-state index contributed by atoms with van der Waals surface area (Å²) in [4.78, 5) is 7.32. The lowest BCUT2D eigenvalue weighted by molar-refractivity contribution is 0.600. The van der Waals surface area contributed by atoms with Gasteiger partial charge in [-0.15, -0.1) is 0 Å². The van der Waals surface area contributed by atoms with E-state index in [4.69, 9.17) is 0 Å². The number of para-hydroxylation sites is 2. The Morgan fingerprint density at radius 3 is 2.67 bits per heavy atom. The number of nitrogens with zero attached hydrogens (tertiary/aromatic N) is 1. The summed E-state index contributed by atoms with van der Waals surface area (Å²) in [5.41, 5.74) is 2.46. The number of H-pyrrole nitrogens is 1. The summed E-state index contributed by atoms with van der Waals surface area (Å²) in [5, 5.41) is 0. The van der Waals surface area contributed by atoms with Gasteiger partial charge in [0, 0.05) is 4.47 Å². The molecule has 5 nitrogen and oxygen atoms in total. The molecule has 1 aromatic heterocycles. The second-order valence-electron chi connectivity index (χ2n) is 4.64. The van der Waals surface area contributed by atoms with Crippen LogP contribution in [0, 0.1) is 6.92 Å². The molecule has 0 aliphatic rings. The fraction of sp³-hybridized carbons (Fsp3) is 0.0714. The summed E-state index contributed by atoms with van der Waals surface area (Å²) in [6.45, 7) is 1.90. The molecule has 0 aliphatic carbocycles. The maximum atomic E-state index is 12.4. The van der Waals surface area contributed by atoms with Gasteiger partial charge < -0.3 is 4.98 Å². The molecule has 0 radical (unpaired) electrons. The fourth-order valence-electron chi connectivity index (χ4n) is 2.01. The van der Waals surface area contributed by atoms with Crippen molar-refractivity contribution < 1.29 is 8.42 Å². The molecule has 1 heterocycles. The minimum absolute atomic E-state index is 0.175. The average Bonchev–Trinajstić information content (AvgIpc) is 2.79. The minimum Gasteiger partial charge on any atom is -0.323 e. The largest absolute Gasteiger partial charge is 0.323 e. The van der Waals surface area contributed by atoms with E-state index in [2.05, 4.69) is 30.6 Å². The number of aromatic amines is 1. The Labute approximate surface area is 130 Å². The van der Waals surface area contributed by atoms with E-state index < -0.39 is 10.0 Å². The van der Waals surface area contributed by atoms with Crippen LogP contribution >= 0.6 is 15.9 Å². The van der Waals surface area contributed by atoms with E-state index in [1.165, 1.54) is 0 Å². The quantitative estimate of drug-likeness (QED) is 0.746. The molecule has 21 heavy (non-hydrogen) atoms. The van der Waals surface area contributed by atoms with E-state index in [0.29, 0.717) is 9.99 Å². The molecule has 0 saturated heterocycles. The second-order valence-corrected chi connectivity index (χ2v) is 7.15. The normalized spacial score (nSPS) is 11.7. The number of aromatic nitrogens is 2. The molecule has 0 aliphatic heterocycles. The van der Waals surface area contributed by atoms with Crippen LogP contribution in [0.1, 0.15) is 5.56 Å². The fourth-order valence-corrected chi connectivity index (χ4v) is 4.16. The van der Waals surface area contributed by atoms with E-state index in [1.54, 1.807) is 18.2 Å². The Morgan fingerprint density at radius 2 is 1.95 bits per heavy atom. The van der Waals surface area contributed by atoms with Crippen molar-refractivity contribution in [3.63, 3.8) is 0 Å². The number of imidazole rings is 1. The van der Waals surface area contributed by atoms with Crippen molar-refractivity contribution >= 4 is 42.9 Å². The van der Waals surface area contributed by atoms with Crippen LogP contribution in [0.4, 0.5) is 5.95 Å². The zero-order valence-corrected chi connectivity index (χ0v) is 13.5. The molecular weight excluding hydrogens is 354 g/mol. The number of anilines is 1. The Kier molecular flexibility index (Phi) is 3.46. The van der Waals surface area contributed by atoms with Crippen molar-refractivity contribution in [2.45, 2.75) is 11.8 Å². The molecule has 108 valence electrons. The summed E-state index contributed by atoms with van der Waals surface area (Å²) < 4.78 is 27.8. The first-order chi connectivity index (χ1) is 9.95. The van der Waals surface area contributed by atoms with Gasteiger partial charge in [0.1, 0.15) is 4.90 Å². The van der Waals surface area contributed by atoms with Crippen LogP contribution in [0.5, 0.6) is 0 Å². The van der Waals surface area contributed by atoms with Crippen molar-refractivity contribution in [1.82, 2.24) is 9.97 Å². The van der Waals surface area contributed by atoms with Gasteiger partial charge in [-0.3, -0.25) is 0 Å². The lowest BCUT2D eigenvalue weighted by atomic mass is 10.2. The van der Waals surface area contributed by atoms with Gasteiger partial charge in [-0.1, -0.05) is 18.2 Å². The average molecular weight is 366 g/mol. The van der Waals surface area contributed by atoms with E-state index in [9.17, 15) is 8.42 Å². The molecular formula is C14H12BrN3O2S. The van der Waals surface area contributed by atoms with Gasteiger partial charge in [0.05, 0.1) is 11.0 Å². The molecule has 0 unspecified atom stereocenters. The van der Waals surface area contributed by atoms with Crippen molar-refractivity contribution in [2.75, 3.05) is 4.72 Å². The zero-order valence-electron chi connectivity index (χ0n) is 11.1. The first-order valence-corrected chi connectivity index (χ1v) is 8.47. The molecule has 0 saturated carbocycles. The number of benzene rings is 2. The molecule has 2 N–H and O–H groups in total. The highest BCUT2D eigenvalue weighted by Crippen LogP contribution is 2.25. The van der Waals surface area contributed by atoms with Crippen LogP contribution in [-0.4, -0.2) is 18.4 Å². The summed E-state index contributed by atoms with van der Waals surface area (Å²) >= 11 is 3.28. The van der Waals surface area contributed by atoms with Gasteiger partial charge in [0.25, 0.3) is 10.0 Å². The van der Waals surface area contributed by atoms with E-state index in [0.717, 1.165) is 11.1 Å². The highest BCUT2D eigenvalue weighted by Gasteiger charge is 2.19. The third kappa shape index (κ3) is 2.79. The molecule has 2 aromatic carbocycles. The number of sulfonamides is 1. The van der Waals surface area contributed by atoms with Crippen LogP contribution in [0.25, 0.3) is 11.0 Å². The lowest BCUT2D eigenvalue weighted by Gasteiger charge is -2.07. The van der Waals surface area contributed by atoms with Gasteiger partial charge in [-0.25, -0.2) is 18.1 Å². The van der Waals surface area contributed by atoms with Gasteiger partial charge >= 0.3 is 0 Å². The highest BCUT2D eigenvalue weighted by molar-refractivity contribution is 9.10. The Bertz CT molecular complexity index is 886. The molecule has 0 atom stereocenters.